The quantitative estimate of drug-likeness (QED) is 0.592. The third-order valence-electron chi connectivity index (χ3n) is 2.96. The van der Waals surface area contributed by atoms with Crippen molar-refractivity contribution in [2.75, 3.05) is 0 Å². The molecule has 0 saturated heterocycles. The number of hydrogen-bond donors (Lipinski definition) is 0. The Balaban J connectivity index is 2.17. The van der Waals surface area contributed by atoms with Crippen LogP contribution in [0.1, 0.15) is 27.7 Å². The molecule has 2 aromatic carbocycles. The number of carbonyl (C=O) groups excluding carboxylic acids is 1. The van der Waals surface area contributed by atoms with E-state index in [0.29, 0.717) is 11.1 Å². The predicted molar refractivity (Wildman–Crippen MR) is 78.5 cm³/mol. The first-order valence-corrected chi connectivity index (χ1v) is 6.95. The molecule has 0 aliphatic heterocycles. The number of hydrogen-bond acceptors (Lipinski definition) is 1. The molecule has 0 saturated carbocycles. The Labute approximate surface area is 120 Å². The lowest BCUT2D eigenvalue weighted by molar-refractivity contribution is 0.0960. The largest absolute Gasteiger partial charge is 0.293 e. The molecule has 2 aromatic rings. The first kappa shape index (κ1) is 13.9. The van der Waals surface area contributed by atoms with E-state index in [1.54, 1.807) is 36.4 Å². The molecule has 1 nitrogen and oxygen atoms in total. The van der Waals surface area contributed by atoms with Crippen molar-refractivity contribution in [2.45, 2.75) is 17.9 Å². The summed E-state index contributed by atoms with van der Waals surface area (Å²) < 4.78 is 14.3. The van der Waals surface area contributed by atoms with Crippen LogP contribution < -0.4 is 0 Å². The summed E-state index contributed by atoms with van der Waals surface area (Å²) in [6.07, 6.45) is -1.35. The van der Waals surface area contributed by atoms with Crippen molar-refractivity contribution in [3.8, 4) is 0 Å². The van der Waals surface area contributed by atoms with Crippen LogP contribution in [0.25, 0.3) is 0 Å². The van der Waals surface area contributed by atoms with Crippen LogP contribution in [0.2, 0.25) is 0 Å². The van der Waals surface area contributed by atoms with Gasteiger partial charge in [0, 0.05) is 5.56 Å². The normalized spacial score (nSPS) is 13.8. The number of carbonyl (C=O) groups is 1. The van der Waals surface area contributed by atoms with Gasteiger partial charge in [-0.3, -0.25) is 4.79 Å². The van der Waals surface area contributed by atoms with Crippen molar-refractivity contribution in [1.29, 1.82) is 0 Å². The molecular weight excluding hydrogens is 307 g/mol. The van der Waals surface area contributed by atoms with Gasteiger partial charge in [0.15, 0.2) is 5.78 Å². The summed E-state index contributed by atoms with van der Waals surface area (Å²) in [7, 11) is 0. The van der Waals surface area contributed by atoms with Gasteiger partial charge in [-0.1, -0.05) is 76.1 Å². The van der Waals surface area contributed by atoms with Crippen molar-refractivity contribution in [2.24, 2.45) is 0 Å². The third-order valence-corrected chi connectivity index (χ3v) is 3.84. The van der Waals surface area contributed by atoms with Crippen molar-refractivity contribution in [3.63, 3.8) is 0 Å². The van der Waals surface area contributed by atoms with Gasteiger partial charge in [0.1, 0.15) is 11.0 Å². The Kier molecular flexibility index (Phi) is 4.48. The highest BCUT2D eigenvalue weighted by molar-refractivity contribution is 9.10. The van der Waals surface area contributed by atoms with Crippen LogP contribution in [0.3, 0.4) is 0 Å². The summed E-state index contributed by atoms with van der Waals surface area (Å²) >= 11 is 3.18. The van der Waals surface area contributed by atoms with Gasteiger partial charge in [-0.15, -0.1) is 0 Å². The van der Waals surface area contributed by atoms with Gasteiger partial charge in [-0.25, -0.2) is 4.39 Å². The van der Waals surface area contributed by atoms with E-state index in [4.69, 9.17) is 0 Å². The zero-order valence-electron chi connectivity index (χ0n) is 10.5. The van der Waals surface area contributed by atoms with Crippen LogP contribution in [0.4, 0.5) is 4.39 Å². The van der Waals surface area contributed by atoms with Crippen LogP contribution in [0.15, 0.2) is 54.6 Å². The fourth-order valence-corrected chi connectivity index (χ4v) is 2.39. The van der Waals surface area contributed by atoms with E-state index in [0.717, 1.165) is 5.56 Å². The Bertz CT molecular complexity index is 551. The second-order valence-electron chi connectivity index (χ2n) is 4.44. The monoisotopic (exact) mass is 320 g/mol. The molecule has 0 aromatic heterocycles. The minimum atomic E-state index is -1.35. The maximum Gasteiger partial charge on any atom is 0.179 e. The highest BCUT2D eigenvalue weighted by Crippen LogP contribution is 2.29. The third kappa shape index (κ3) is 3.29. The number of alkyl halides is 2. The lowest BCUT2D eigenvalue weighted by Gasteiger charge is -2.14. The first-order chi connectivity index (χ1) is 9.09. The van der Waals surface area contributed by atoms with Gasteiger partial charge >= 0.3 is 0 Å². The van der Waals surface area contributed by atoms with Gasteiger partial charge in [-0.05, 0) is 12.5 Å². The van der Waals surface area contributed by atoms with E-state index < -0.39 is 11.0 Å². The molecule has 0 spiro atoms. The van der Waals surface area contributed by atoms with Crippen LogP contribution >= 0.6 is 15.9 Å². The van der Waals surface area contributed by atoms with Gasteiger partial charge in [0.25, 0.3) is 0 Å². The van der Waals surface area contributed by atoms with Gasteiger partial charge < -0.3 is 0 Å². The van der Waals surface area contributed by atoms with Crippen LogP contribution in [0, 0.1) is 6.92 Å². The topological polar surface area (TPSA) is 17.1 Å². The van der Waals surface area contributed by atoms with Gasteiger partial charge in [0.05, 0.1) is 0 Å². The number of aryl methyl sites for hydroxylation is 1. The number of halogens is 2. The van der Waals surface area contributed by atoms with Crippen LogP contribution in [-0.4, -0.2) is 10.6 Å². The van der Waals surface area contributed by atoms with E-state index in [1.165, 1.54) is 0 Å². The standard InChI is InChI=1S/C16H14BrFO/c1-11-7-9-13(10-8-11)16(19)14(17)15(18)12-5-3-2-4-6-12/h2-10,14-15H,1H3. The second-order valence-corrected chi connectivity index (χ2v) is 5.43. The maximum atomic E-state index is 14.3. The van der Waals surface area contributed by atoms with Crippen molar-refractivity contribution in [1.82, 2.24) is 0 Å². The highest BCUT2D eigenvalue weighted by Gasteiger charge is 2.27. The SMILES string of the molecule is Cc1ccc(C(=O)C(Br)C(F)c2ccccc2)cc1. The minimum absolute atomic E-state index is 0.239. The molecule has 0 bridgehead atoms. The van der Waals surface area contributed by atoms with E-state index in [-0.39, 0.29) is 5.78 Å². The average Bonchev–Trinajstić information content (AvgIpc) is 2.46. The Hall–Kier alpha value is -1.48. The summed E-state index contributed by atoms with van der Waals surface area (Å²) in [6, 6.07) is 15.9. The van der Waals surface area contributed by atoms with Crippen LogP contribution in [0.5, 0.6) is 0 Å². The first-order valence-electron chi connectivity index (χ1n) is 6.03. The van der Waals surface area contributed by atoms with E-state index in [9.17, 15) is 9.18 Å². The fourth-order valence-electron chi connectivity index (χ4n) is 1.82. The zero-order valence-corrected chi connectivity index (χ0v) is 12.1. The number of rotatable bonds is 4. The molecule has 3 heteroatoms. The van der Waals surface area contributed by atoms with E-state index in [2.05, 4.69) is 15.9 Å². The summed E-state index contributed by atoms with van der Waals surface area (Å²) in [5, 5.41) is 0. The van der Waals surface area contributed by atoms with Crippen molar-refractivity contribution >= 4 is 21.7 Å². The molecule has 0 radical (unpaired) electrons. The molecule has 0 heterocycles. The van der Waals surface area contributed by atoms with Gasteiger partial charge in [-0.2, -0.15) is 0 Å². The summed E-state index contributed by atoms with van der Waals surface area (Å²) in [5.74, 6) is -0.239. The van der Waals surface area contributed by atoms with Gasteiger partial charge in [0.2, 0.25) is 0 Å². The molecule has 0 fully saturated rings. The summed E-state index contributed by atoms with van der Waals surface area (Å²) in [4.78, 5) is 11.3. The van der Waals surface area contributed by atoms with Crippen molar-refractivity contribution in [3.05, 3.63) is 71.3 Å². The minimum Gasteiger partial charge on any atom is -0.293 e. The number of benzene rings is 2. The average molecular weight is 321 g/mol. The molecule has 0 aliphatic rings. The molecule has 0 N–H and O–H groups in total. The molecule has 2 rings (SSSR count). The van der Waals surface area contributed by atoms with E-state index >= 15 is 0 Å². The molecule has 0 amide bonds. The molecular formula is C16H14BrFO. The maximum absolute atomic E-state index is 14.3. The van der Waals surface area contributed by atoms with Crippen LogP contribution in [-0.2, 0) is 0 Å². The molecule has 19 heavy (non-hydrogen) atoms. The molecule has 2 atom stereocenters. The summed E-state index contributed by atoms with van der Waals surface area (Å²) in [6.45, 7) is 1.95. The summed E-state index contributed by atoms with van der Waals surface area (Å²) in [5.41, 5.74) is 2.10. The fraction of sp³-hybridized carbons (Fsp3) is 0.188. The highest BCUT2D eigenvalue weighted by atomic mass is 79.9. The van der Waals surface area contributed by atoms with Crippen molar-refractivity contribution < 1.29 is 9.18 Å². The Morgan fingerprint density at radius 2 is 1.63 bits per heavy atom. The smallest absolute Gasteiger partial charge is 0.179 e. The number of Topliss-reactive ketones (excluding diaryl/α,β-unsaturated/α-hetero) is 1. The second kappa shape index (κ2) is 6.11. The molecule has 2 unspecified atom stereocenters. The predicted octanol–water partition coefficient (Wildman–Crippen LogP) is 4.65. The lowest BCUT2D eigenvalue weighted by Crippen LogP contribution is -2.20. The molecule has 98 valence electrons. The zero-order chi connectivity index (χ0) is 13.8. The lowest BCUT2D eigenvalue weighted by atomic mass is 10.0. The number of ketones is 1. The molecule has 0 aliphatic carbocycles. The van der Waals surface area contributed by atoms with E-state index in [1.807, 2.05) is 25.1 Å². The Morgan fingerprint density at radius 3 is 2.21 bits per heavy atom. The Morgan fingerprint density at radius 1 is 1.05 bits per heavy atom.